The number of esters is 1. The Balaban J connectivity index is 3.15. The lowest BCUT2D eigenvalue weighted by Gasteiger charge is -2.01. The van der Waals surface area contributed by atoms with Gasteiger partial charge in [0.1, 0.15) is 5.75 Å². The van der Waals surface area contributed by atoms with Crippen LogP contribution in [0.15, 0.2) is 18.2 Å². The van der Waals surface area contributed by atoms with Gasteiger partial charge in [-0.25, -0.2) is 4.79 Å². The molecule has 0 fully saturated rings. The second-order valence-electron chi connectivity index (χ2n) is 2.37. The molecule has 0 radical (unpaired) electrons. The van der Waals surface area contributed by atoms with Crippen LogP contribution in [-0.2, 0) is 4.74 Å². The molecule has 0 atom stereocenters. The first-order valence-electron chi connectivity index (χ1n) is 3.57. The maximum atomic E-state index is 11.0. The van der Waals surface area contributed by atoms with Crippen LogP contribution in [0.5, 0.6) is 5.75 Å². The van der Waals surface area contributed by atoms with Crippen molar-refractivity contribution in [2.75, 3.05) is 7.11 Å². The second kappa shape index (κ2) is 3.63. The van der Waals surface area contributed by atoms with Crippen molar-refractivity contribution >= 4 is 5.97 Å². The molecule has 0 aromatic heterocycles. The van der Waals surface area contributed by atoms with Crippen molar-refractivity contribution in [1.29, 1.82) is 0 Å². The summed E-state index contributed by atoms with van der Waals surface area (Å²) in [6.07, 6.45) is 5.10. The van der Waals surface area contributed by atoms with Gasteiger partial charge < -0.3 is 9.84 Å². The maximum Gasteiger partial charge on any atom is 0.337 e. The van der Waals surface area contributed by atoms with Crippen LogP contribution in [0.1, 0.15) is 15.9 Å². The SMILES string of the molecule is C#Cc1cc(C(=O)OC)ccc1O. The average Bonchev–Trinajstić information content (AvgIpc) is 2.17. The fraction of sp³-hybridized carbons (Fsp3) is 0.100. The normalized spacial score (nSPS) is 8.92. The molecule has 3 nitrogen and oxygen atoms in total. The number of benzene rings is 1. The van der Waals surface area contributed by atoms with E-state index in [1.165, 1.54) is 25.3 Å². The first-order valence-corrected chi connectivity index (χ1v) is 3.57. The number of rotatable bonds is 1. The largest absolute Gasteiger partial charge is 0.507 e. The zero-order valence-corrected chi connectivity index (χ0v) is 7.07. The molecule has 0 saturated heterocycles. The molecule has 13 heavy (non-hydrogen) atoms. The zero-order valence-electron chi connectivity index (χ0n) is 7.07. The van der Waals surface area contributed by atoms with Gasteiger partial charge in [-0.05, 0) is 18.2 Å². The number of carbonyl (C=O) groups is 1. The maximum absolute atomic E-state index is 11.0. The highest BCUT2D eigenvalue weighted by Gasteiger charge is 2.07. The van der Waals surface area contributed by atoms with E-state index < -0.39 is 5.97 Å². The molecule has 0 saturated carbocycles. The van der Waals surface area contributed by atoms with E-state index >= 15 is 0 Å². The molecule has 0 aliphatic carbocycles. The molecule has 1 aromatic carbocycles. The molecule has 1 rings (SSSR count). The van der Waals surface area contributed by atoms with E-state index in [9.17, 15) is 9.90 Å². The number of phenols is 1. The monoisotopic (exact) mass is 176 g/mol. The Kier molecular flexibility index (Phi) is 2.56. The fourth-order valence-electron chi connectivity index (χ4n) is 0.896. The number of phenolic OH excluding ortho intramolecular Hbond substituents is 1. The predicted octanol–water partition coefficient (Wildman–Crippen LogP) is 1.16. The Hall–Kier alpha value is -1.95. The Morgan fingerprint density at radius 2 is 2.31 bits per heavy atom. The average molecular weight is 176 g/mol. The number of hydrogen-bond acceptors (Lipinski definition) is 3. The Bertz CT molecular complexity index is 374. The first-order chi connectivity index (χ1) is 6.19. The smallest absolute Gasteiger partial charge is 0.337 e. The Labute approximate surface area is 76.0 Å². The molecule has 1 aromatic rings. The molecule has 0 unspecified atom stereocenters. The van der Waals surface area contributed by atoms with Crippen molar-refractivity contribution in [2.45, 2.75) is 0 Å². The van der Waals surface area contributed by atoms with E-state index in [-0.39, 0.29) is 11.3 Å². The number of carbonyl (C=O) groups excluding carboxylic acids is 1. The van der Waals surface area contributed by atoms with Gasteiger partial charge in [0.2, 0.25) is 0 Å². The van der Waals surface area contributed by atoms with Crippen LogP contribution < -0.4 is 0 Å². The summed E-state index contributed by atoms with van der Waals surface area (Å²) in [5.41, 5.74) is 0.608. The Morgan fingerprint density at radius 1 is 1.62 bits per heavy atom. The lowest BCUT2D eigenvalue weighted by molar-refractivity contribution is 0.0600. The summed E-state index contributed by atoms with van der Waals surface area (Å²) in [6.45, 7) is 0. The third-order valence-electron chi connectivity index (χ3n) is 1.57. The van der Waals surface area contributed by atoms with Crippen LogP contribution >= 0.6 is 0 Å². The van der Waals surface area contributed by atoms with E-state index in [0.717, 1.165) is 0 Å². The quantitative estimate of drug-likeness (QED) is 0.516. The van der Waals surface area contributed by atoms with Gasteiger partial charge in [0.05, 0.1) is 18.2 Å². The van der Waals surface area contributed by atoms with Crippen LogP contribution in [0.2, 0.25) is 0 Å². The topological polar surface area (TPSA) is 46.5 Å². The summed E-state index contributed by atoms with van der Waals surface area (Å²) in [6, 6.07) is 4.21. The van der Waals surface area contributed by atoms with Gasteiger partial charge in [0.25, 0.3) is 0 Å². The van der Waals surface area contributed by atoms with Gasteiger partial charge in [-0.2, -0.15) is 0 Å². The summed E-state index contributed by atoms with van der Waals surface area (Å²) in [7, 11) is 1.28. The minimum atomic E-state index is -0.475. The highest BCUT2D eigenvalue weighted by atomic mass is 16.5. The molecule has 0 aliphatic heterocycles. The van der Waals surface area contributed by atoms with Gasteiger partial charge in [-0.1, -0.05) is 5.92 Å². The van der Waals surface area contributed by atoms with E-state index in [1.54, 1.807) is 0 Å². The summed E-state index contributed by atoms with van der Waals surface area (Å²) >= 11 is 0. The van der Waals surface area contributed by atoms with Crippen LogP contribution in [-0.4, -0.2) is 18.2 Å². The van der Waals surface area contributed by atoms with Gasteiger partial charge in [-0.15, -0.1) is 6.42 Å². The molecular weight excluding hydrogens is 168 g/mol. The molecule has 0 aliphatic rings. The summed E-state index contributed by atoms with van der Waals surface area (Å²) in [4.78, 5) is 11.0. The lowest BCUT2D eigenvalue weighted by atomic mass is 10.1. The number of ether oxygens (including phenoxy) is 1. The first kappa shape index (κ1) is 9.14. The third-order valence-corrected chi connectivity index (χ3v) is 1.57. The minimum absolute atomic E-state index is 0.0184. The highest BCUT2D eigenvalue weighted by Crippen LogP contribution is 2.17. The molecule has 3 heteroatoms. The number of hydrogen-bond donors (Lipinski definition) is 1. The Morgan fingerprint density at radius 3 is 2.85 bits per heavy atom. The van der Waals surface area contributed by atoms with Gasteiger partial charge in [-0.3, -0.25) is 0 Å². The van der Waals surface area contributed by atoms with Crippen molar-refractivity contribution in [1.82, 2.24) is 0 Å². The minimum Gasteiger partial charge on any atom is -0.507 e. The predicted molar refractivity (Wildman–Crippen MR) is 47.4 cm³/mol. The molecular formula is C10H8O3. The molecule has 0 heterocycles. The number of aromatic hydroxyl groups is 1. The van der Waals surface area contributed by atoms with Crippen molar-refractivity contribution in [3.63, 3.8) is 0 Å². The number of terminal acetylenes is 1. The molecule has 1 N–H and O–H groups in total. The fourth-order valence-corrected chi connectivity index (χ4v) is 0.896. The second-order valence-corrected chi connectivity index (χ2v) is 2.37. The summed E-state index contributed by atoms with van der Waals surface area (Å²) < 4.78 is 4.49. The van der Waals surface area contributed by atoms with E-state index in [4.69, 9.17) is 6.42 Å². The molecule has 0 amide bonds. The van der Waals surface area contributed by atoms with Crippen LogP contribution in [0.3, 0.4) is 0 Å². The lowest BCUT2D eigenvalue weighted by Crippen LogP contribution is -2.00. The van der Waals surface area contributed by atoms with E-state index in [1.807, 2.05) is 0 Å². The zero-order chi connectivity index (χ0) is 9.84. The van der Waals surface area contributed by atoms with Gasteiger partial charge in [0, 0.05) is 0 Å². The van der Waals surface area contributed by atoms with E-state index in [2.05, 4.69) is 10.7 Å². The van der Waals surface area contributed by atoms with Crippen molar-refractivity contribution in [3.05, 3.63) is 29.3 Å². The van der Waals surface area contributed by atoms with Crippen LogP contribution in [0.25, 0.3) is 0 Å². The van der Waals surface area contributed by atoms with Crippen LogP contribution in [0.4, 0.5) is 0 Å². The van der Waals surface area contributed by atoms with E-state index in [0.29, 0.717) is 5.56 Å². The summed E-state index contributed by atoms with van der Waals surface area (Å²) in [5, 5.41) is 9.19. The molecule has 66 valence electrons. The van der Waals surface area contributed by atoms with Crippen molar-refractivity contribution in [2.24, 2.45) is 0 Å². The molecule has 0 bridgehead atoms. The van der Waals surface area contributed by atoms with Gasteiger partial charge in [0.15, 0.2) is 0 Å². The standard InChI is InChI=1S/C10H8O3/c1-3-7-6-8(10(12)13-2)4-5-9(7)11/h1,4-6,11H,2H3. The third kappa shape index (κ3) is 1.79. The van der Waals surface area contributed by atoms with Crippen LogP contribution in [0, 0.1) is 12.3 Å². The number of methoxy groups -OCH3 is 1. The van der Waals surface area contributed by atoms with Crippen molar-refractivity contribution in [3.8, 4) is 18.1 Å². The van der Waals surface area contributed by atoms with Gasteiger partial charge >= 0.3 is 5.97 Å². The molecule has 0 spiro atoms. The summed E-state index contributed by atoms with van der Waals surface area (Å²) in [5.74, 6) is 1.76. The van der Waals surface area contributed by atoms with Crippen molar-refractivity contribution < 1.29 is 14.6 Å². The highest BCUT2D eigenvalue weighted by molar-refractivity contribution is 5.90.